The van der Waals surface area contributed by atoms with Gasteiger partial charge in [-0.05, 0) is 32.0 Å². The molecule has 0 aliphatic heterocycles. The summed E-state index contributed by atoms with van der Waals surface area (Å²) in [6.07, 6.45) is 0. The van der Waals surface area contributed by atoms with Crippen LogP contribution in [0, 0.1) is 13.8 Å². The van der Waals surface area contributed by atoms with Crippen LogP contribution in [-0.2, 0) is 11.3 Å². The van der Waals surface area contributed by atoms with E-state index in [0.29, 0.717) is 22.6 Å². The van der Waals surface area contributed by atoms with Crippen LogP contribution in [0.5, 0.6) is 0 Å². The zero-order valence-electron chi connectivity index (χ0n) is 11.9. The van der Waals surface area contributed by atoms with Gasteiger partial charge in [-0.15, -0.1) is 0 Å². The molecule has 0 spiro atoms. The highest BCUT2D eigenvalue weighted by Crippen LogP contribution is 2.15. The predicted octanol–water partition coefficient (Wildman–Crippen LogP) is 0.820. The van der Waals surface area contributed by atoms with E-state index in [2.05, 4.69) is 10.4 Å². The fourth-order valence-electron chi connectivity index (χ4n) is 1.95. The van der Waals surface area contributed by atoms with E-state index < -0.39 is 5.91 Å². The van der Waals surface area contributed by atoms with Crippen molar-refractivity contribution in [2.45, 2.75) is 20.4 Å². The SMILES string of the molecule is Cc1nn(CC(=O)Nc2cccc(C(N)=O)c2)c(C)c1N. The van der Waals surface area contributed by atoms with E-state index in [1.165, 1.54) is 10.7 Å². The van der Waals surface area contributed by atoms with Crippen molar-refractivity contribution in [2.75, 3.05) is 11.1 Å². The maximum atomic E-state index is 12.0. The van der Waals surface area contributed by atoms with E-state index >= 15 is 0 Å². The van der Waals surface area contributed by atoms with Gasteiger partial charge in [-0.2, -0.15) is 5.10 Å². The summed E-state index contributed by atoms with van der Waals surface area (Å²) in [5.74, 6) is -0.806. The van der Waals surface area contributed by atoms with Crippen molar-refractivity contribution >= 4 is 23.2 Å². The molecule has 0 radical (unpaired) electrons. The molecule has 7 heteroatoms. The number of nitrogen functional groups attached to an aromatic ring is 1. The van der Waals surface area contributed by atoms with Gasteiger partial charge in [-0.1, -0.05) is 6.07 Å². The van der Waals surface area contributed by atoms with Crippen molar-refractivity contribution in [2.24, 2.45) is 5.73 Å². The van der Waals surface area contributed by atoms with Gasteiger partial charge in [0.1, 0.15) is 6.54 Å². The summed E-state index contributed by atoms with van der Waals surface area (Å²) >= 11 is 0. The molecule has 0 bridgehead atoms. The third-order valence-electron chi connectivity index (χ3n) is 3.16. The molecule has 0 saturated heterocycles. The molecule has 7 nitrogen and oxygen atoms in total. The summed E-state index contributed by atoms with van der Waals surface area (Å²) in [6.45, 7) is 3.63. The first-order chi connectivity index (χ1) is 9.88. The van der Waals surface area contributed by atoms with Crippen LogP contribution in [0.15, 0.2) is 24.3 Å². The van der Waals surface area contributed by atoms with E-state index in [1.807, 2.05) is 0 Å². The molecule has 0 fully saturated rings. The maximum absolute atomic E-state index is 12.0. The van der Waals surface area contributed by atoms with Gasteiger partial charge in [0.2, 0.25) is 11.8 Å². The Morgan fingerprint density at radius 1 is 1.33 bits per heavy atom. The number of benzene rings is 1. The molecule has 2 rings (SSSR count). The molecular weight excluding hydrogens is 270 g/mol. The minimum Gasteiger partial charge on any atom is -0.396 e. The molecule has 21 heavy (non-hydrogen) atoms. The van der Waals surface area contributed by atoms with Gasteiger partial charge in [-0.3, -0.25) is 14.3 Å². The van der Waals surface area contributed by atoms with Gasteiger partial charge < -0.3 is 16.8 Å². The van der Waals surface area contributed by atoms with Gasteiger partial charge >= 0.3 is 0 Å². The second-order valence-corrected chi connectivity index (χ2v) is 4.74. The molecule has 2 amide bonds. The number of carbonyl (C=O) groups is 2. The van der Waals surface area contributed by atoms with Crippen LogP contribution in [-0.4, -0.2) is 21.6 Å². The number of aromatic nitrogens is 2. The number of nitrogens with one attached hydrogen (secondary N) is 1. The topological polar surface area (TPSA) is 116 Å². The number of nitrogens with two attached hydrogens (primary N) is 2. The second-order valence-electron chi connectivity index (χ2n) is 4.74. The Morgan fingerprint density at radius 2 is 2.05 bits per heavy atom. The molecule has 0 aliphatic carbocycles. The standard InChI is InChI=1S/C14H17N5O2/c1-8-13(15)9(2)19(18-8)7-12(20)17-11-5-3-4-10(6-11)14(16)21/h3-6H,7,15H2,1-2H3,(H2,16,21)(H,17,20). The average Bonchev–Trinajstić information content (AvgIpc) is 2.66. The van der Waals surface area contributed by atoms with E-state index in [9.17, 15) is 9.59 Å². The quantitative estimate of drug-likeness (QED) is 0.771. The Labute approximate surface area is 121 Å². The van der Waals surface area contributed by atoms with E-state index in [0.717, 1.165) is 5.69 Å². The number of rotatable bonds is 4. The first kappa shape index (κ1) is 14.6. The monoisotopic (exact) mass is 287 g/mol. The van der Waals surface area contributed by atoms with Gasteiger partial charge in [0.15, 0.2) is 0 Å². The number of amides is 2. The van der Waals surface area contributed by atoms with E-state index in [4.69, 9.17) is 11.5 Å². The number of aryl methyl sites for hydroxylation is 1. The second kappa shape index (κ2) is 5.66. The summed E-state index contributed by atoms with van der Waals surface area (Å²) in [4.78, 5) is 23.1. The summed E-state index contributed by atoms with van der Waals surface area (Å²) in [5, 5.41) is 6.89. The van der Waals surface area contributed by atoms with Crippen LogP contribution in [0.2, 0.25) is 0 Å². The van der Waals surface area contributed by atoms with Crippen molar-refractivity contribution < 1.29 is 9.59 Å². The third-order valence-corrected chi connectivity index (χ3v) is 3.16. The lowest BCUT2D eigenvalue weighted by Crippen LogP contribution is -2.21. The molecule has 1 heterocycles. The number of nitrogens with zero attached hydrogens (tertiary/aromatic N) is 2. The van der Waals surface area contributed by atoms with Crippen molar-refractivity contribution in [3.05, 3.63) is 41.2 Å². The first-order valence-corrected chi connectivity index (χ1v) is 6.37. The molecule has 2 aromatic rings. The molecular formula is C14H17N5O2. The molecule has 0 aliphatic rings. The van der Waals surface area contributed by atoms with Crippen LogP contribution >= 0.6 is 0 Å². The van der Waals surface area contributed by atoms with Gasteiger partial charge in [0.25, 0.3) is 0 Å². The zero-order valence-corrected chi connectivity index (χ0v) is 11.9. The van der Waals surface area contributed by atoms with Crippen LogP contribution in [0.3, 0.4) is 0 Å². The lowest BCUT2D eigenvalue weighted by atomic mass is 10.2. The Morgan fingerprint density at radius 3 is 2.62 bits per heavy atom. The highest BCUT2D eigenvalue weighted by molar-refractivity contribution is 5.96. The molecule has 0 unspecified atom stereocenters. The first-order valence-electron chi connectivity index (χ1n) is 6.37. The molecule has 0 saturated carbocycles. The van der Waals surface area contributed by atoms with E-state index in [1.54, 1.807) is 32.0 Å². The van der Waals surface area contributed by atoms with Crippen LogP contribution in [0.25, 0.3) is 0 Å². The van der Waals surface area contributed by atoms with Gasteiger partial charge in [-0.25, -0.2) is 0 Å². The highest BCUT2D eigenvalue weighted by atomic mass is 16.2. The van der Waals surface area contributed by atoms with Gasteiger partial charge in [0, 0.05) is 11.3 Å². The Kier molecular flexibility index (Phi) is 3.93. The molecule has 1 aromatic heterocycles. The molecule has 0 atom stereocenters. The normalized spacial score (nSPS) is 10.4. The van der Waals surface area contributed by atoms with Crippen molar-refractivity contribution in [1.29, 1.82) is 0 Å². The Bertz CT molecular complexity index is 705. The predicted molar refractivity (Wildman–Crippen MR) is 79.7 cm³/mol. The van der Waals surface area contributed by atoms with E-state index in [-0.39, 0.29) is 12.5 Å². The minimum atomic E-state index is -0.544. The summed E-state index contributed by atoms with van der Waals surface area (Å²) < 4.78 is 1.54. The molecule has 1 aromatic carbocycles. The number of hydrogen-bond acceptors (Lipinski definition) is 4. The summed E-state index contributed by atoms with van der Waals surface area (Å²) in [6, 6.07) is 6.44. The van der Waals surface area contributed by atoms with Crippen molar-refractivity contribution in [3.63, 3.8) is 0 Å². The Hall–Kier alpha value is -2.83. The van der Waals surface area contributed by atoms with Crippen molar-refractivity contribution in [1.82, 2.24) is 9.78 Å². The summed E-state index contributed by atoms with van der Waals surface area (Å²) in [7, 11) is 0. The van der Waals surface area contributed by atoms with Gasteiger partial charge in [0.05, 0.1) is 17.1 Å². The van der Waals surface area contributed by atoms with Crippen LogP contribution < -0.4 is 16.8 Å². The highest BCUT2D eigenvalue weighted by Gasteiger charge is 2.12. The minimum absolute atomic E-state index is 0.0463. The zero-order chi connectivity index (χ0) is 15.6. The third kappa shape index (κ3) is 3.19. The summed E-state index contributed by atoms with van der Waals surface area (Å²) in [5.41, 5.74) is 13.9. The number of carbonyl (C=O) groups excluding carboxylic acids is 2. The lowest BCUT2D eigenvalue weighted by molar-refractivity contribution is -0.116. The smallest absolute Gasteiger partial charge is 0.248 e. The number of hydrogen-bond donors (Lipinski definition) is 3. The average molecular weight is 287 g/mol. The fourth-order valence-corrected chi connectivity index (χ4v) is 1.95. The molecule has 5 N–H and O–H groups in total. The van der Waals surface area contributed by atoms with Crippen LogP contribution in [0.1, 0.15) is 21.7 Å². The Balaban J connectivity index is 2.10. The number of anilines is 2. The number of primary amides is 1. The van der Waals surface area contributed by atoms with Crippen molar-refractivity contribution in [3.8, 4) is 0 Å². The van der Waals surface area contributed by atoms with Crippen LogP contribution in [0.4, 0.5) is 11.4 Å². The maximum Gasteiger partial charge on any atom is 0.248 e. The molecule has 110 valence electrons. The lowest BCUT2D eigenvalue weighted by Gasteiger charge is -2.07. The largest absolute Gasteiger partial charge is 0.396 e. The fraction of sp³-hybridized carbons (Fsp3) is 0.214.